The van der Waals surface area contributed by atoms with Crippen molar-refractivity contribution in [3.05, 3.63) is 72.8 Å². The minimum Gasteiger partial charge on any atom is -0.504 e. The van der Waals surface area contributed by atoms with Gasteiger partial charge in [0.1, 0.15) is 5.94 Å². The molecule has 0 aliphatic rings. The van der Waals surface area contributed by atoms with Gasteiger partial charge < -0.3 is 15.2 Å². The van der Waals surface area contributed by atoms with E-state index in [1.807, 2.05) is 60.7 Å². The highest BCUT2D eigenvalue weighted by Gasteiger charge is 2.13. The van der Waals surface area contributed by atoms with Crippen molar-refractivity contribution in [2.75, 3.05) is 11.3 Å². The SMILES string of the molecule is CC(=O)Nc1cc(OCSc2ccccc2)c(O)cc1Sc1ccccc1. The molecular formula is C21H19NO3S2. The molecule has 0 radical (unpaired) electrons. The normalized spacial score (nSPS) is 10.4. The highest BCUT2D eigenvalue weighted by atomic mass is 32.2. The molecule has 0 heterocycles. The molecule has 0 unspecified atom stereocenters. The van der Waals surface area contributed by atoms with E-state index in [2.05, 4.69) is 5.32 Å². The molecule has 27 heavy (non-hydrogen) atoms. The van der Waals surface area contributed by atoms with Crippen molar-refractivity contribution in [3.63, 3.8) is 0 Å². The van der Waals surface area contributed by atoms with Crippen molar-refractivity contribution in [2.24, 2.45) is 0 Å². The van der Waals surface area contributed by atoms with Crippen LogP contribution in [-0.2, 0) is 4.79 Å². The van der Waals surface area contributed by atoms with E-state index in [1.165, 1.54) is 30.4 Å². The van der Waals surface area contributed by atoms with Gasteiger partial charge in [0, 0.05) is 27.7 Å². The van der Waals surface area contributed by atoms with E-state index in [0.717, 1.165) is 14.7 Å². The Hall–Kier alpha value is -2.57. The van der Waals surface area contributed by atoms with E-state index in [0.29, 0.717) is 17.4 Å². The molecule has 0 saturated heterocycles. The number of rotatable bonds is 7. The molecule has 2 N–H and O–H groups in total. The number of nitrogens with one attached hydrogen (secondary N) is 1. The zero-order valence-corrected chi connectivity index (χ0v) is 16.3. The van der Waals surface area contributed by atoms with Crippen LogP contribution in [0.15, 0.2) is 87.5 Å². The Kier molecular flexibility index (Phi) is 6.68. The summed E-state index contributed by atoms with van der Waals surface area (Å²) in [6, 6.07) is 22.9. The molecule has 0 bridgehead atoms. The van der Waals surface area contributed by atoms with Gasteiger partial charge in [-0.05, 0) is 30.3 Å². The molecule has 0 saturated carbocycles. The van der Waals surface area contributed by atoms with Gasteiger partial charge in [0.25, 0.3) is 0 Å². The lowest BCUT2D eigenvalue weighted by Crippen LogP contribution is -2.07. The fourth-order valence-electron chi connectivity index (χ4n) is 2.33. The summed E-state index contributed by atoms with van der Waals surface area (Å²) < 4.78 is 5.72. The molecule has 1 amide bonds. The molecule has 4 nitrogen and oxygen atoms in total. The molecule has 3 aromatic rings. The number of thioether (sulfide) groups is 1. The molecule has 0 spiro atoms. The summed E-state index contributed by atoms with van der Waals surface area (Å²) in [4.78, 5) is 14.4. The van der Waals surface area contributed by atoms with Crippen molar-refractivity contribution in [3.8, 4) is 11.5 Å². The van der Waals surface area contributed by atoms with Gasteiger partial charge in [0.05, 0.1) is 5.69 Å². The van der Waals surface area contributed by atoms with Crippen LogP contribution in [0.5, 0.6) is 11.5 Å². The number of amides is 1. The molecule has 6 heteroatoms. The smallest absolute Gasteiger partial charge is 0.221 e. The van der Waals surface area contributed by atoms with Crippen LogP contribution < -0.4 is 10.1 Å². The minimum atomic E-state index is -0.180. The largest absolute Gasteiger partial charge is 0.504 e. The van der Waals surface area contributed by atoms with E-state index >= 15 is 0 Å². The van der Waals surface area contributed by atoms with Crippen LogP contribution in [0.2, 0.25) is 0 Å². The molecule has 138 valence electrons. The van der Waals surface area contributed by atoms with Crippen LogP contribution in [0.3, 0.4) is 0 Å². The standard InChI is InChI=1S/C21H19NO3S2/c1-15(23)22-18-12-20(25-14-26-16-8-4-2-5-9-16)19(24)13-21(18)27-17-10-6-3-7-11-17/h2-13,24H,14H2,1H3,(H,22,23). The maximum absolute atomic E-state index is 11.6. The monoisotopic (exact) mass is 397 g/mol. The van der Waals surface area contributed by atoms with Crippen LogP contribution in [0.4, 0.5) is 5.69 Å². The van der Waals surface area contributed by atoms with Crippen molar-refractivity contribution >= 4 is 35.1 Å². The lowest BCUT2D eigenvalue weighted by molar-refractivity contribution is -0.114. The van der Waals surface area contributed by atoms with Gasteiger partial charge in [-0.15, -0.1) is 0 Å². The van der Waals surface area contributed by atoms with Crippen LogP contribution in [0.1, 0.15) is 6.92 Å². The fourth-order valence-corrected chi connectivity index (χ4v) is 3.94. The summed E-state index contributed by atoms with van der Waals surface area (Å²) in [5.41, 5.74) is 0.605. The first-order valence-corrected chi connectivity index (χ1v) is 10.1. The maximum atomic E-state index is 11.6. The molecule has 3 rings (SSSR count). The third-order valence-corrected chi connectivity index (χ3v) is 5.43. The van der Waals surface area contributed by atoms with Crippen molar-refractivity contribution < 1.29 is 14.6 Å². The summed E-state index contributed by atoms with van der Waals surface area (Å²) in [5, 5.41) is 13.2. The van der Waals surface area contributed by atoms with E-state index in [9.17, 15) is 9.90 Å². The quantitative estimate of drug-likeness (QED) is 0.307. The first-order valence-electron chi connectivity index (χ1n) is 8.30. The second kappa shape index (κ2) is 9.39. The van der Waals surface area contributed by atoms with Gasteiger partial charge in [-0.3, -0.25) is 4.79 Å². The second-order valence-electron chi connectivity index (χ2n) is 5.63. The summed E-state index contributed by atoms with van der Waals surface area (Å²) in [6.45, 7) is 1.45. The number of carbonyl (C=O) groups excluding carboxylic acids is 1. The number of ether oxygens (including phenoxy) is 1. The Labute approximate surface area is 167 Å². The molecule has 0 aliphatic carbocycles. The van der Waals surface area contributed by atoms with Gasteiger partial charge in [-0.25, -0.2) is 0 Å². The lowest BCUT2D eigenvalue weighted by atomic mass is 10.2. The zero-order chi connectivity index (χ0) is 19.1. The van der Waals surface area contributed by atoms with Gasteiger partial charge in [0.2, 0.25) is 5.91 Å². The number of phenols is 1. The van der Waals surface area contributed by atoms with Crippen molar-refractivity contribution in [1.29, 1.82) is 0 Å². The molecule has 0 aromatic heterocycles. The first-order chi connectivity index (χ1) is 13.1. The number of carbonyl (C=O) groups is 1. The van der Waals surface area contributed by atoms with Crippen LogP contribution in [0.25, 0.3) is 0 Å². The Morgan fingerprint density at radius 2 is 1.63 bits per heavy atom. The van der Waals surface area contributed by atoms with Crippen LogP contribution in [-0.4, -0.2) is 17.0 Å². The van der Waals surface area contributed by atoms with Crippen LogP contribution >= 0.6 is 23.5 Å². The van der Waals surface area contributed by atoms with E-state index in [4.69, 9.17) is 4.74 Å². The Bertz CT molecular complexity index is 902. The van der Waals surface area contributed by atoms with E-state index in [-0.39, 0.29) is 11.7 Å². The Morgan fingerprint density at radius 1 is 1.00 bits per heavy atom. The highest BCUT2D eigenvalue weighted by molar-refractivity contribution is 7.99. The molecule has 0 fully saturated rings. The third-order valence-electron chi connectivity index (χ3n) is 3.53. The Balaban J connectivity index is 1.77. The second-order valence-corrected chi connectivity index (χ2v) is 7.74. The number of hydrogen-bond acceptors (Lipinski definition) is 5. The molecule has 0 aliphatic heterocycles. The molecule has 3 aromatic carbocycles. The van der Waals surface area contributed by atoms with E-state index in [1.54, 1.807) is 12.1 Å². The van der Waals surface area contributed by atoms with Gasteiger partial charge in [-0.2, -0.15) is 0 Å². The fraction of sp³-hybridized carbons (Fsp3) is 0.0952. The number of phenolic OH excluding ortho intramolecular Hbond substituents is 1. The molecular weight excluding hydrogens is 378 g/mol. The van der Waals surface area contributed by atoms with Gasteiger partial charge >= 0.3 is 0 Å². The summed E-state index contributed by atoms with van der Waals surface area (Å²) in [6.07, 6.45) is 0. The summed E-state index contributed by atoms with van der Waals surface area (Å²) >= 11 is 2.99. The van der Waals surface area contributed by atoms with Crippen molar-refractivity contribution in [2.45, 2.75) is 21.6 Å². The summed E-state index contributed by atoms with van der Waals surface area (Å²) in [7, 11) is 0. The number of hydrogen-bond donors (Lipinski definition) is 2. The average Bonchev–Trinajstić information content (AvgIpc) is 2.66. The highest BCUT2D eigenvalue weighted by Crippen LogP contribution is 2.41. The number of anilines is 1. The third kappa shape index (κ3) is 5.70. The summed E-state index contributed by atoms with van der Waals surface area (Å²) in [5.74, 6) is 0.540. The average molecular weight is 398 g/mol. The first kappa shape index (κ1) is 19.2. The molecule has 0 atom stereocenters. The lowest BCUT2D eigenvalue weighted by Gasteiger charge is -2.14. The predicted octanol–water partition coefficient (Wildman–Crippen LogP) is 5.63. The van der Waals surface area contributed by atoms with Gasteiger partial charge in [0.15, 0.2) is 11.5 Å². The van der Waals surface area contributed by atoms with Crippen molar-refractivity contribution in [1.82, 2.24) is 0 Å². The predicted molar refractivity (Wildman–Crippen MR) is 111 cm³/mol. The maximum Gasteiger partial charge on any atom is 0.221 e. The van der Waals surface area contributed by atoms with Crippen LogP contribution in [0, 0.1) is 0 Å². The Morgan fingerprint density at radius 3 is 2.26 bits per heavy atom. The topological polar surface area (TPSA) is 58.6 Å². The minimum absolute atomic E-state index is 0.0381. The number of benzene rings is 3. The number of aromatic hydroxyl groups is 1. The zero-order valence-electron chi connectivity index (χ0n) is 14.7. The van der Waals surface area contributed by atoms with Gasteiger partial charge in [-0.1, -0.05) is 59.9 Å². The van der Waals surface area contributed by atoms with E-state index < -0.39 is 0 Å².